The summed E-state index contributed by atoms with van der Waals surface area (Å²) in [7, 11) is 1.73. The third kappa shape index (κ3) is 3.44. The first kappa shape index (κ1) is 13.8. The Labute approximate surface area is 118 Å². The molecule has 0 unspecified atom stereocenters. The van der Waals surface area contributed by atoms with Gasteiger partial charge in [0.05, 0.1) is 11.8 Å². The number of hydrogen-bond acceptors (Lipinski definition) is 8. The molecular formula is C10H13N5O2S2. The molecule has 2 N–H and O–H groups in total. The normalized spacial score (nSPS) is 12.3. The van der Waals surface area contributed by atoms with Gasteiger partial charge in [0.1, 0.15) is 12.0 Å². The number of amides is 1. The number of hydrogen-bond donors (Lipinski definition) is 1. The van der Waals surface area contributed by atoms with Crippen LogP contribution in [0.1, 0.15) is 18.7 Å². The number of carbonyl (C=O) groups excluding carboxylic acids is 1. The number of rotatable bonds is 5. The minimum absolute atomic E-state index is 0.0192. The van der Waals surface area contributed by atoms with E-state index in [9.17, 15) is 4.79 Å². The third-order valence-corrected chi connectivity index (χ3v) is 4.47. The molecule has 0 aliphatic carbocycles. The summed E-state index contributed by atoms with van der Waals surface area (Å²) >= 11 is 2.59. The second-order valence-corrected chi connectivity index (χ2v) is 6.03. The highest BCUT2D eigenvalue weighted by atomic mass is 32.2. The van der Waals surface area contributed by atoms with Crippen LogP contribution in [0.3, 0.4) is 0 Å². The highest BCUT2D eigenvalue weighted by Gasteiger charge is 2.20. The van der Waals surface area contributed by atoms with Crippen LogP contribution in [-0.2, 0) is 4.79 Å². The monoisotopic (exact) mass is 299 g/mol. The lowest BCUT2D eigenvalue weighted by atomic mass is 10.2. The molecular weight excluding hydrogens is 286 g/mol. The minimum atomic E-state index is -0.133. The molecule has 7 nitrogen and oxygen atoms in total. The first-order valence-electron chi connectivity index (χ1n) is 5.45. The van der Waals surface area contributed by atoms with E-state index in [1.54, 1.807) is 18.0 Å². The predicted octanol–water partition coefficient (Wildman–Crippen LogP) is 1.42. The number of nitrogens with two attached hydrogens (primary N) is 1. The molecule has 0 aliphatic rings. The molecule has 0 saturated carbocycles. The van der Waals surface area contributed by atoms with E-state index in [0.29, 0.717) is 9.47 Å². The highest BCUT2D eigenvalue weighted by Crippen LogP contribution is 2.25. The van der Waals surface area contributed by atoms with Gasteiger partial charge in [-0.3, -0.25) is 4.79 Å². The van der Waals surface area contributed by atoms with Crippen molar-refractivity contribution in [3.8, 4) is 0 Å². The molecule has 0 radical (unpaired) electrons. The lowest BCUT2D eigenvalue weighted by Crippen LogP contribution is -2.31. The third-order valence-electron chi connectivity index (χ3n) is 2.60. The standard InChI is InChI=1S/C10H13N5O2S2/c1-6(7-3-4-17-14-7)15(2)8(16)5-18-10-13-12-9(11)19-10/h3-4,6H,5H2,1-2H3,(H2,11,12)/t6-/m1/s1. The van der Waals surface area contributed by atoms with Crippen LogP contribution in [-0.4, -0.2) is 39.0 Å². The van der Waals surface area contributed by atoms with Crippen LogP contribution in [0.2, 0.25) is 0 Å². The van der Waals surface area contributed by atoms with Gasteiger partial charge in [-0.05, 0) is 6.92 Å². The van der Waals surface area contributed by atoms with Gasteiger partial charge in [-0.25, -0.2) is 0 Å². The molecule has 0 spiro atoms. The first-order chi connectivity index (χ1) is 9.08. The molecule has 2 heterocycles. The molecule has 2 aromatic rings. The lowest BCUT2D eigenvalue weighted by Gasteiger charge is -2.22. The zero-order valence-electron chi connectivity index (χ0n) is 10.4. The summed E-state index contributed by atoms with van der Waals surface area (Å²) in [6, 6.07) is 1.61. The Morgan fingerprint density at radius 1 is 1.63 bits per heavy atom. The number of nitrogens with zero attached hydrogens (tertiary/aromatic N) is 4. The van der Waals surface area contributed by atoms with Gasteiger partial charge < -0.3 is 15.2 Å². The van der Waals surface area contributed by atoms with Gasteiger partial charge in [-0.1, -0.05) is 28.3 Å². The SMILES string of the molecule is C[C@H](c1ccon1)N(C)C(=O)CSc1nnc(N)s1. The van der Waals surface area contributed by atoms with E-state index >= 15 is 0 Å². The van der Waals surface area contributed by atoms with Crippen molar-refractivity contribution in [2.24, 2.45) is 0 Å². The molecule has 0 bridgehead atoms. The van der Waals surface area contributed by atoms with Crippen LogP contribution in [0.25, 0.3) is 0 Å². The van der Waals surface area contributed by atoms with Crippen LogP contribution in [0, 0.1) is 0 Å². The van der Waals surface area contributed by atoms with Crippen LogP contribution in [0.4, 0.5) is 5.13 Å². The average molecular weight is 299 g/mol. The Balaban J connectivity index is 1.89. The molecule has 2 rings (SSSR count). The molecule has 102 valence electrons. The predicted molar refractivity (Wildman–Crippen MR) is 72.7 cm³/mol. The van der Waals surface area contributed by atoms with Crippen LogP contribution < -0.4 is 5.73 Å². The molecule has 9 heteroatoms. The Morgan fingerprint density at radius 2 is 2.42 bits per heavy atom. The van der Waals surface area contributed by atoms with E-state index in [-0.39, 0.29) is 17.7 Å². The highest BCUT2D eigenvalue weighted by molar-refractivity contribution is 8.01. The smallest absolute Gasteiger partial charge is 0.233 e. The van der Waals surface area contributed by atoms with E-state index in [0.717, 1.165) is 5.69 Å². The Bertz CT molecular complexity index is 542. The van der Waals surface area contributed by atoms with Gasteiger partial charge in [0.15, 0.2) is 4.34 Å². The number of aromatic nitrogens is 3. The van der Waals surface area contributed by atoms with Crippen molar-refractivity contribution < 1.29 is 9.32 Å². The summed E-state index contributed by atoms with van der Waals surface area (Å²) in [4.78, 5) is 13.7. The zero-order valence-corrected chi connectivity index (χ0v) is 12.1. The summed E-state index contributed by atoms with van der Waals surface area (Å²) in [5, 5.41) is 11.8. The second-order valence-electron chi connectivity index (χ2n) is 3.80. The molecule has 1 atom stereocenters. The first-order valence-corrected chi connectivity index (χ1v) is 7.26. The Hall–Kier alpha value is -1.61. The Morgan fingerprint density at radius 3 is 3.00 bits per heavy atom. The van der Waals surface area contributed by atoms with Gasteiger partial charge in [-0.15, -0.1) is 10.2 Å². The number of anilines is 1. The van der Waals surface area contributed by atoms with Gasteiger partial charge in [0.25, 0.3) is 0 Å². The van der Waals surface area contributed by atoms with Crippen molar-refractivity contribution in [2.75, 3.05) is 18.5 Å². The van der Waals surface area contributed by atoms with Crippen LogP contribution in [0.5, 0.6) is 0 Å². The minimum Gasteiger partial charge on any atom is -0.374 e. The summed E-state index contributed by atoms with van der Waals surface area (Å²) < 4.78 is 5.46. The lowest BCUT2D eigenvalue weighted by molar-refractivity contribution is -0.129. The fraction of sp³-hybridized carbons (Fsp3) is 0.400. The van der Waals surface area contributed by atoms with E-state index in [2.05, 4.69) is 15.4 Å². The van der Waals surface area contributed by atoms with Crippen LogP contribution >= 0.6 is 23.1 Å². The molecule has 0 aromatic carbocycles. The Kier molecular flexibility index (Phi) is 4.38. The van der Waals surface area contributed by atoms with E-state index in [4.69, 9.17) is 10.3 Å². The van der Waals surface area contributed by atoms with Crippen molar-refractivity contribution in [1.29, 1.82) is 0 Å². The van der Waals surface area contributed by atoms with Crippen molar-refractivity contribution in [3.63, 3.8) is 0 Å². The molecule has 1 amide bonds. The van der Waals surface area contributed by atoms with E-state index < -0.39 is 0 Å². The average Bonchev–Trinajstić information content (AvgIpc) is 3.05. The number of nitrogen functional groups attached to an aromatic ring is 1. The molecule has 0 aliphatic heterocycles. The molecule has 0 fully saturated rings. The zero-order chi connectivity index (χ0) is 13.8. The van der Waals surface area contributed by atoms with Crippen molar-refractivity contribution in [2.45, 2.75) is 17.3 Å². The topological polar surface area (TPSA) is 98.1 Å². The van der Waals surface area contributed by atoms with Crippen molar-refractivity contribution in [1.82, 2.24) is 20.3 Å². The quantitative estimate of drug-likeness (QED) is 0.834. The molecule has 19 heavy (non-hydrogen) atoms. The fourth-order valence-electron chi connectivity index (χ4n) is 1.36. The maximum Gasteiger partial charge on any atom is 0.233 e. The summed E-state index contributed by atoms with van der Waals surface area (Å²) in [5.41, 5.74) is 6.20. The van der Waals surface area contributed by atoms with Gasteiger partial charge in [0, 0.05) is 13.1 Å². The number of carbonyl (C=O) groups is 1. The van der Waals surface area contributed by atoms with Gasteiger partial charge >= 0.3 is 0 Å². The largest absolute Gasteiger partial charge is 0.374 e. The van der Waals surface area contributed by atoms with E-state index in [1.807, 2.05) is 6.92 Å². The van der Waals surface area contributed by atoms with Crippen molar-refractivity contribution in [3.05, 3.63) is 18.0 Å². The summed E-state index contributed by atoms with van der Waals surface area (Å²) in [6.45, 7) is 1.89. The van der Waals surface area contributed by atoms with E-state index in [1.165, 1.54) is 29.4 Å². The van der Waals surface area contributed by atoms with Gasteiger partial charge in [-0.2, -0.15) is 0 Å². The summed E-state index contributed by atoms with van der Waals surface area (Å²) in [6.07, 6.45) is 1.49. The maximum atomic E-state index is 12.0. The van der Waals surface area contributed by atoms with Crippen molar-refractivity contribution >= 4 is 34.1 Å². The maximum absolute atomic E-state index is 12.0. The number of thioether (sulfide) groups is 1. The van der Waals surface area contributed by atoms with Gasteiger partial charge in [0.2, 0.25) is 11.0 Å². The molecule has 0 saturated heterocycles. The summed E-state index contributed by atoms with van der Waals surface area (Å²) in [5.74, 6) is 0.266. The second kappa shape index (κ2) is 6.02. The molecule has 2 aromatic heterocycles. The van der Waals surface area contributed by atoms with Crippen LogP contribution in [0.15, 0.2) is 21.2 Å². The fourth-order valence-corrected chi connectivity index (χ4v) is 2.92.